The average molecular weight is 178 g/mol. The Balaban J connectivity index is 0.000001000. The molecule has 1 heterocycles. The van der Waals surface area contributed by atoms with Crippen molar-refractivity contribution in [3.8, 4) is 0 Å². The van der Waals surface area contributed by atoms with Crippen LogP contribution in [-0.4, -0.2) is 24.8 Å². The van der Waals surface area contributed by atoms with E-state index in [9.17, 15) is 4.79 Å². The van der Waals surface area contributed by atoms with Crippen LogP contribution in [0.25, 0.3) is 0 Å². The second-order valence-electron chi connectivity index (χ2n) is 2.44. The predicted octanol–water partition coefficient (Wildman–Crippen LogP) is 1.20. The molecule has 1 unspecified atom stereocenters. The van der Waals surface area contributed by atoms with E-state index >= 15 is 0 Å². The van der Waals surface area contributed by atoms with Gasteiger partial charge in [0.1, 0.15) is 6.04 Å². The number of ether oxygens (including phenoxy) is 1. The van der Waals surface area contributed by atoms with E-state index in [2.05, 4.69) is 9.73 Å². The maximum Gasteiger partial charge on any atom is 0.330 e. The van der Waals surface area contributed by atoms with Crippen molar-refractivity contribution >= 4 is 24.1 Å². The Morgan fingerprint density at radius 3 is 2.73 bits per heavy atom. The van der Waals surface area contributed by atoms with Crippen LogP contribution in [0.15, 0.2) is 4.99 Å². The molecule has 1 aliphatic rings. The molecule has 0 aromatic rings. The average Bonchev–Trinajstić information content (AvgIpc) is 2.34. The molecule has 1 rings (SSSR count). The lowest BCUT2D eigenvalue weighted by Crippen LogP contribution is -2.16. The van der Waals surface area contributed by atoms with Gasteiger partial charge in [0.25, 0.3) is 0 Å². The molecule has 0 saturated carbocycles. The lowest BCUT2D eigenvalue weighted by atomic mass is 10.2. The van der Waals surface area contributed by atoms with Gasteiger partial charge in [0.05, 0.1) is 7.11 Å². The summed E-state index contributed by atoms with van der Waals surface area (Å²) in [7, 11) is 1.39. The van der Waals surface area contributed by atoms with Crippen LogP contribution in [0.2, 0.25) is 0 Å². The molecule has 0 radical (unpaired) electrons. The van der Waals surface area contributed by atoms with Crippen molar-refractivity contribution < 1.29 is 9.53 Å². The van der Waals surface area contributed by atoms with E-state index in [0.29, 0.717) is 0 Å². The predicted molar refractivity (Wildman–Crippen MR) is 45.4 cm³/mol. The molecule has 0 saturated heterocycles. The van der Waals surface area contributed by atoms with Crippen molar-refractivity contribution in [2.75, 3.05) is 7.11 Å². The van der Waals surface area contributed by atoms with E-state index < -0.39 is 0 Å². The standard InChI is InChI=1S/C7H11NO2.ClH/c1-5-3-4-6(8-5)7(9)10-2;/h6H,3-4H2,1-2H3;1H. The van der Waals surface area contributed by atoms with Crippen LogP contribution in [0.4, 0.5) is 0 Å². The van der Waals surface area contributed by atoms with Crippen molar-refractivity contribution in [2.45, 2.75) is 25.8 Å². The van der Waals surface area contributed by atoms with E-state index in [1.807, 2.05) is 6.92 Å². The number of rotatable bonds is 1. The van der Waals surface area contributed by atoms with Crippen molar-refractivity contribution in [1.29, 1.82) is 0 Å². The molecule has 3 nitrogen and oxygen atoms in total. The number of hydrogen-bond donors (Lipinski definition) is 0. The van der Waals surface area contributed by atoms with Crippen molar-refractivity contribution in [1.82, 2.24) is 0 Å². The van der Waals surface area contributed by atoms with Gasteiger partial charge in [-0.3, -0.25) is 4.99 Å². The van der Waals surface area contributed by atoms with Gasteiger partial charge < -0.3 is 4.74 Å². The fraction of sp³-hybridized carbons (Fsp3) is 0.714. The number of carbonyl (C=O) groups excluding carboxylic acids is 1. The van der Waals surface area contributed by atoms with Gasteiger partial charge in [0.15, 0.2) is 0 Å². The Morgan fingerprint density at radius 1 is 1.73 bits per heavy atom. The molecule has 1 aliphatic heterocycles. The molecule has 0 N–H and O–H groups in total. The Kier molecular flexibility index (Phi) is 4.11. The number of esters is 1. The van der Waals surface area contributed by atoms with Gasteiger partial charge in [-0.15, -0.1) is 12.4 Å². The molecule has 0 aromatic carbocycles. The number of nitrogens with zero attached hydrogens (tertiary/aromatic N) is 1. The summed E-state index contributed by atoms with van der Waals surface area (Å²) in [6.45, 7) is 1.93. The third kappa shape index (κ3) is 2.50. The highest BCUT2D eigenvalue weighted by Crippen LogP contribution is 2.13. The van der Waals surface area contributed by atoms with Gasteiger partial charge in [0.2, 0.25) is 0 Å². The van der Waals surface area contributed by atoms with Crippen LogP contribution >= 0.6 is 12.4 Å². The smallest absolute Gasteiger partial charge is 0.330 e. The Labute approximate surface area is 72.2 Å². The first-order chi connectivity index (χ1) is 4.74. The van der Waals surface area contributed by atoms with Crippen LogP contribution < -0.4 is 0 Å². The second kappa shape index (κ2) is 4.34. The van der Waals surface area contributed by atoms with Crippen molar-refractivity contribution in [3.05, 3.63) is 0 Å². The monoisotopic (exact) mass is 177 g/mol. The maximum absolute atomic E-state index is 10.8. The Morgan fingerprint density at radius 2 is 2.36 bits per heavy atom. The number of aliphatic imine (C=N–C) groups is 1. The zero-order chi connectivity index (χ0) is 7.56. The molecule has 0 bridgehead atoms. The minimum Gasteiger partial charge on any atom is -0.467 e. The summed E-state index contributed by atoms with van der Waals surface area (Å²) in [5.41, 5.74) is 1.05. The van der Waals surface area contributed by atoms with Crippen LogP contribution in [0.1, 0.15) is 19.8 Å². The molecule has 64 valence electrons. The molecular formula is C7H12ClNO2. The van der Waals surface area contributed by atoms with Gasteiger partial charge in [-0.25, -0.2) is 4.79 Å². The van der Waals surface area contributed by atoms with Crippen LogP contribution in [0, 0.1) is 0 Å². The minimum absolute atomic E-state index is 0. The van der Waals surface area contributed by atoms with Crippen molar-refractivity contribution in [3.63, 3.8) is 0 Å². The first kappa shape index (κ1) is 10.4. The molecule has 0 aliphatic carbocycles. The summed E-state index contributed by atoms with van der Waals surface area (Å²) in [6.07, 6.45) is 1.75. The number of methoxy groups -OCH3 is 1. The lowest BCUT2D eigenvalue weighted by molar-refractivity contribution is -0.141. The number of hydrogen-bond acceptors (Lipinski definition) is 3. The third-order valence-electron chi connectivity index (χ3n) is 1.63. The number of halogens is 1. The second-order valence-corrected chi connectivity index (χ2v) is 2.44. The normalized spacial score (nSPS) is 22.0. The molecule has 0 fully saturated rings. The van der Waals surface area contributed by atoms with Crippen LogP contribution in [0.5, 0.6) is 0 Å². The molecule has 1 atom stereocenters. The molecule has 0 spiro atoms. The van der Waals surface area contributed by atoms with Crippen LogP contribution in [0.3, 0.4) is 0 Å². The summed E-state index contributed by atoms with van der Waals surface area (Å²) >= 11 is 0. The van der Waals surface area contributed by atoms with E-state index in [1.54, 1.807) is 0 Å². The lowest BCUT2D eigenvalue weighted by Gasteiger charge is -2.01. The minimum atomic E-state index is -0.218. The van der Waals surface area contributed by atoms with Crippen LogP contribution in [-0.2, 0) is 9.53 Å². The molecule has 0 aromatic heterocycles. The summed E-state index contributed by atoms with van der Waals surface area (Å²) in [6, 6.07) is -0.218. The first-order valence-corrected chi connectivity index (χ1v) is 3.35. The van der Waals surface area contributed by atoms with E-state index in [1.165, 1.54) is 7.11 Å². The SMILES string of the molecule is COC(=O)C1CCC(C)=N1.Cl. The Hall–Kier alpha value is -0.570. The summed E-state index contributed by atoms with van der Waals surface area (Å²) in [5.74, 6) is -0.211. The molecule has 11 heavy (non-hydrogen) atoms. The van der Waals surface area contributed by atoms with E-state index in [0.717, 1.165) is 18.6 Å². The molecule has 0 amide bonds. The van der Waals surface area contributed by atoms with Gasteiger partial charge in [0, 0.05) is 5.71 Å². The Bertz CT molecular complexity index is 179. The summed E-state index contributed by atoms with van der Waals surface area (Å²) < 4.78 is 4.54. The van der Waals surface area contributed by atoms with Gasteiger partial charge in [-0.1, -0.05) is 0 Å². The summed E-state index contributed by atoms with van der Waals surface area (Å²) in [5, 5.41) is 0. The van der Waals surface area contributed by atoms with E-state index in [-0.39, 0.29) is 24.4 Å². The third-order valence-corrected chi connectivity index (χ3v) is 1.63. The van der Waals surface area contributed by atoms with Crippen molar-refractivity contribution in [2.24, 2.45) is 4.99 Å². The fourth-order valence-electron chi connectivity index (χ4n) is 1.05. The van der Waals surface area contributed by atoms with E-state index in [4.69, 9.17) is 0 Å². The first-order valence-electron chi connectivity index (χ1n) is 3.35. The highest BCUT2D eigenvalue weighted by atomic mass is 35.5. The zero-order valence-corrected chi connectivity index (χ0v) is 7.48. The summed E-state index contributed by atoms with van der Waals surface area (Å²) in [4.78, 5) is 14.9. The maximum atomic E-state index is 10.8. The highest BCUT2D eigenvalue weighted by Gasteiger charge is 2.22. The largest absolute Gasteiger partial charge is 0.467 e. The van der Waals surface area contributed by atoms with Gasteiger partial charge in [-0.05, 0) is 19.8 Å². The van der Waals surface area contributed by atoms with Gasteiger partial charge >= 0.3 is 5.97 Å². The highest BCUT2D eigenvalue weighted by molar-refractivity contribution is 5.89. The zero-order valence-electron chi connectivity index (χ0n) is 6.66. The topological polar surface area (TPSA) is 38.7 Å². The van der Waals surface area contributed by atoms with Gasteiger partial charge in [-0.2, -0.15) is 0 Å². The quantitative estimate of drug-likeness (QED) is 0.565. The number of carbonyl (C=O) groups is 1. The molecular weight excluding hydrogens is 166 g/mol. The molecule has 4 heteroatoms. The fourth-order valence-corrected chi connectivity index (χ4v) is 1.05.